The highest BCUT2D eigenvalue weighted by Gasteiger charge is 2.15. The van der Waals surface area contributed by atoms with Crippen LogP contribution in [0, 0.1) is 11.3 Å². The SMILES string of the molecule is N#Cc1cnn(-c2ccccc2)c1NC(=O)CCn1cc(Br)cn1. The summed E-state index contributed by atoms with van der Waals surface area (Å²) < 4.78 is 4.07. The highest BCUT2D eigenvalue weighted by molar-refractivity contribution is 9.10. The van der Waals surface area contributed by atoms with Crippen molar-refractivity contribution in [3.05, 3.63) is 59.0 Å². The zero-order valence-electron chi connectivity index (χ0n) is 12.6. The minimum absolute atomic E-state index is 0.212. The zero-order chi connectivity index (χ0) is 16.9. The molecule has 3 rings (SSSR count). The van der Waals surface area contributed by atoms with Crippen LogP contribution in [0.1, 0.15) is 12.0 Å². The fourth-order valence-electron chi connectivity index (χ4n) is 2.19. The molecule has 7 nitrogen and oxygen atoms in total. The van der Waals surface area contributed by atoms with Gasteiger partial charge in [-0.25, -0.2) is 4.68 Å². The van der Waals surface area contributed by atoms with Crippen molar-refractivity contribution in [2.75, 3.05) is 5.32 Å². The van der Waals surface area contributed by atoms with Crippen LogP contribution in [0.3, 0.4) is 0 Å². The third kappa shape index (κ3) is 3.52. The van der Waals surface area contributed by atoms with Crippen molar-refractivity contribution in [3.8, 4) is 11.8 Å². The van der Waals surface area contributed by atoms with Crippen molar-refractivity contribution >= 4 is 27.7 Å². The van der Waals surface area contributed by atoms with Gasteiger partial charge in [0.15, 0.2) is 5.82 Å². The van der Waals surface area contributed by atoms with Gasteiger partial charge in [-0.05, 0) is 28.1 Å². The number of benzene rings is 1. The van der Waals surface area contributed by atoms with E-state index in [1.807, 2.05) is 36.4 Å². The zero-order valence-corrected chi connectivity index (χ0v) is 14.1. The largest absolute Gasteiger partial charge is 0.309 e. The van der Waals surface area contributed by atoms with Gasteiger partial charge in [0.25, 0.3) is 0 Å². The third-order valence-corrected chi connectivity index (χ3v) is 3.73. The van der Waals surface area contributed by atoms with E-state index < -0.39 is 0 Å². The van der Waals surface area contributed by atoms with E-state index in [0.717, 1.165) is 10.2 Å². The maximum absolute atomic E-state index is 12.2. The second-order valence-corrected chi connectivity index (χ2v) is 5.90. The number of nitrogens with zero attached hydrogens (tertiary/aromatic N) is 5. The highest BCUT2D eigenvalue weighted by Crippen LogP contribution is 2.19. The summed E-state index contributed by atoms with van der Waals surface area (Å²) >= 11 is 3.31. The van der Waals surface area contributed by atoms with Crippen molar-refractivity contribution in [3.63, 3.8) is 0 Å². The summed E-state index contributed by atoms with van der Waals surface area (Å²) in [6.07, 6.45) is 5.13. The normalized spacial score (nSPS) is 10.3. The lowest BCUT2D eigenvalue weighted by molar-refractivity contribution is -0.116. The molecule has 1 N–H and O–H groups in total. The smallest absolute Gasteiger partial charge is 0.227 e. The number of hydrogen-bond donors (Lipinski definition) is 1. The number of amides is 1. The van der Waals surface area contributed by atoms with E-state index in [0.29, 0.717) is 17.9 Å². The Bertz CT molecular complexity index is 893. The molecule has 2 heterocycles. The van der Waals surface area contributed by atoms with E-state index in [-0.39, 0.29) is 12.3 Å². The Kier molecular flexibility index (Phi) is 4.72. The van der Waals surface area contributed by atoms with E-state index in [9.17, 15) is 10.1 Å². The number of anilines is 1. The second kappa shape index (κ2) is 7.10. The lowest BCUT2D eigenvalue weighted by Gasteiger charge is -2.09. The molecule has 0 saturated carbocycles. The van der Waals surface area contributed by atoms with Crippen molar-refractivity contribution in [1.82, 2.24) is 19.6 Å². The van der Waals surface area contributed by atoms with Gasteiger partial charge in [0.1, 0.15) is 11.6 Å². The molecular formula is C16H13BrN6O. The van der Waals surface area contributed by atoms with E-state index in [4.69, 9.17) is 0 Å². The molecule has 0 spiro atoms. The molecule has 0 unspecified atom stereocenters. The van der Waals surface area contributed by atoms with E-state index in [2.05, 4.69) is 31.4 Å². The summed E-state index contributed by atoms with van der Waals surface area (Å²) in [6, 6.07) is 11.4. The maximum Gasteiger partial charge on any atom is 0.227 e. The van der Waals surface area contributed by atoms with Crippen molar-refractivity contribution in [2.45, 2.75) is 13.0 Å². The summed E-state index contributed by atoms with van der Waals surface area (Å²) in [5, 5.41) is 20.3. The van der Waals surface area contributed by atoms with Crippen LogP contribution in [-0.2, 0) is 11.3 Å². The highest BCUT2D eigenvalue weighted by atomic mass is 79.9. The lowest BCUT2D eigenvalue weighted by atomic mass is 10.3. The molecule has 120 valence electrons. The Morgan fingerprint density at radius 3 is 2.71 bits per heavy atom. The van der Waals surface area contributed by atoms with Crippen LogP contribution < -0.4 is 5.32 Å². The van der Waals surface area contributed by atoms with Gasteiger partial charge in [-0.15, -0.1) is 0 Å². The summed E-state index contributed by atoms with van der Waals surface area (Å²) in [7, 11) is 0. The van der Waals surface area contributed by atoms with Gasteiger partial charge in [-0.1, -0.05) is 18.2 Å². The number of rotatable bonds is 5. The van der Waals surface area contributed by atoms with Gasteiger partial charge >= 0.3 is 0 Å². The standard InChI is InChI=1S/C16H13BrN6O/c17-13-10-19-22(11-13)7-6-15(24)21-16-12(8-18)9-20-23(16)14-4-2-1-3-5-14/h1-5,9-11H,6-7H2,(H,21,24). The quantitative estimate of drug-likeness (QED) is 0.732. The molecule has 0 aliphatic rings. The Hall–Kier alpha value is -2.92. The van der Waals surface area contributed by atoms with Crippen LogP contribution in [0.4, 0.5) is 5.82 Å². The molecule has 0 radical (unpaired) electrons. The molecule has 2 aromatic heterocycles. The molecule has 0 aliphatic carbocycles. The van der Waals surface area contributed by atoms with Gasteiger partial charge in [-0.2, -0.15) is 15.5 Å². The first-order valence-electron chi connectivity index (χ1n) is 7.19. The number of carbonyl (C=O) groups excluding carboxylic acids is 1. The van der Waals surface area contributed by atoms with Crippen LogP contribution in [-0.4, -0.2) is 25.5 Å². The van der Waals surface area contributed by atoms with Crippen molar-refractivity contribution in [1.29, 1.82) is 5.26 Å². The second-order valence-electron chi connectivity index (χ2n) is 4.99. The monoisotopic (exact) mass is 384 g/mol. The van der Waals surface area contributed by atoms with Crippen LogP contribution in [0.2, 0.25) is 0 Å². The molecule has 1 amide bonds. The Labute approximate surface area is 146 Å². The van der Waals surface area contributed by atoms with Gasteiger partial charge in [-0.3, -0.25) is 9.48 Å². The van der Waals surface area contributed by atoms with E-state index >= 15 is 0 Å². The lowest BCUT2D eigenvalue weighted by Crippen LogP contribution is -2.17. The van der Waals surface area contributed by atoms with Gasteiger partial charge in [0.2, 0.25) is 5.91 Å². The first-order chi connectivity index (χ1) is 11.7. The number of nitrogens with one attached hydrogen (secondary N) is 1. The molecule has 0 aliphatic heterocycles. The molecule has 8 heteroatoms. The number of hydrogen-bond acceptors (Lipinski definition) is 4. The van der Waals surface area contributed by atoms with Gasteiger partial charge < -0.3 is 5.32 Å². The first-order valence-corrected chi connectivity index (χ1v) is 7.98. The summed E-state index contributed by atoms with van der Waals surface area (Å²) in [5.74, 6) is 0.158. The number of aryl methyl sites for hydroxylation is 1. The van der Waals surface area contributed by atoms with Gasteiger partial charge in [0, 0.05) is 19.2 Å². The van der Waals surface area contributed by atoms with E-state index in [1.54, 1.807) is 21.8 Å². The fraction of sp³-hybridized carbons (Fsp3) is 0.125. The molecule has 0 fully saturated rings. The van der Waals surface area contributed by atoms with Crippen LogP contribution in [0.5, 0.6) is 0 Å². The number of para-hydroxylation sites is 1. The van der Waals surface area contributed by atoms with Gasteiger partial charge in [0.05, 0.1) is 22.6 Å². The van der Waals surface area contributed by atoms with Crippen molar-refractivity contribution < 1.29 is 4.79 Å². The molecular weight excluding hydrogens is 372 g/mol. The third-order valence-electron chi connectivity index (χ3n) is 3.32. The topological polar surface area (TPSA) is 88.5 Å². The Morgan fingerprint density at radius 1 is 1.25 bits per heavy atom. The average molecular weight is 385 g/mol. The predicted molar refractivity (Wildman–Crippen MR) is 91.5 cm³/mol. The molecule has 0 saturated heterocycles. The maximum atomic E-state index is 12.2. The average Bonchev–Trinajstić information content (AvgIpc) is 3.20. The summed E-state index contributed by atoms with van der Waals surface area (Å²) in [5.41, 5.74) is 1.08. The molecule has 0 bridgehead atoms. The summed E-state index contributed by atoms with van der Waals surface area (Å²) in [6.45, 7) is 0.443. The van der Waals surface area contributed by atoms with Crippen LogP contribution in [0.15, 0.2) is 53.4 Å². The first kappa shape index (κ1) is 16.0. The Morgan fingerprint density at radius 2 is 2.04 bits per heavy atom. The number of nitriles is 1. The summed E-state index contributed by atoms with van der Waals surface area (Å²) in [4.78, 5) is 12.2. The van der Waals surface area contributed by atoms with Crippen molar-refractivity contribution in [2.24, 2.45) is 0 Å². The van der Waals surface area contributed by atoms with E-state index in [1.165, 1.54) is 6.20 Å². The molecule has 24 heavy (non-hydrogen) atoms. The van der Waals surface area contributed by atoms with Crippen LogP contribution >= 0.6 is 15.9 Å². The molecule has 0 atom stereocenters. The minimum Gasteiger partial charge on any atom is -0.309 e. The van der Waals surface area contributed by atoms with Crippen LogP contribution in [0.25, 0.3) is 5.69 Å². The number of halogens is 1. The Balaban J connectivity index is 1.75. The fourth-order valence-corrected chi connectivity index (χ4v) is 2.51. The number of aromatic nitrogens is 4. The molecule has 1 aromatic carbocycles. The minimum atomic E-state index is -0.212. The number of carbonyl (C=O) groups is 1. The predicted octanol–water partition coefficient (Wildman–Crippen LogP) is 2.73. The molecule has 3 aromatic rings.